The molecule has 0 saturated carbocycles. The Hall–Kier alpha value is -0.870. The van der Waals surface area contributed by atoms with Crippen LogP contribution in [0.1, 0.15) is 44.6 Å². The molecule has 0 spiro atoms. The van der Waals surface area contributed by atoms with Gasteiger partial charge in [0.2, 0.25) is 0 Å². The molecule has 0 aromatic carbocycles. The molecule has 4 heteroatoms. The maximum Gasteiger partial charge on any atom is 0.0628 e. The summed E-state index contributed by atoms with van der Waals surface area (Å²) >= 11 is 0. The average Bonchev–Trinajstić information content (AvgIpc) is 2.63. The summed E-state index contributed by atoms with van der Waals surface area (Å²) in [7, 11) is 0. The lowest BCUT2D eigenvalue weighted by Gasteiger charge is -2.16. The maximum atomic E-state index is 4.56. The molecule has 0 fully saturated rings. The van der Waals surface area contributed by atoms with E-state index in [0.717, 1.165) is 26.1 Å². The fourth-order valence-corrected chi connectivity index (χ4v) is 2.33. The molecule has 1 unspecified atom stereocenters. The Morgan fingerprint density at radius 1 is 1.16 bits per heavy atom. The molecule has 0 aliphatic rings. The fraction of sp³-hybridized carbons (Fsp3) is 0.800. The van der Waals surface area contributed by atoms with Crippen LogP contribution in [0.15, 0.2) is 0 Å². The number of aryl methyl sites for hydroxylation is 2. The van der Waals surface area contributed by atoms with Crippen molar-refractivity contribution in [3.8, 4) is 0 Å². The van der Waals surface area contributed by atoms with Gasteiger partial charge in [-0.15, -0.1) is 0 Å². The van der Waals surface area contributed by atoms with E-state index in [1.54, 1.807) is 0 Å². The van der Waals surface area contributed by atoms with E-state index in [0.29, 0.717) is 12.1 Å². The van der Waals surface area contributed by atoms with Crippen molar-refractivity contribution < 1.29 is 0 Å². The van der Waals surface area contributed by atoms with Crippen molar-refractivity contribution in [3.63, 3.8) is 0 Å². The summed E-state index contributed by atoms with van der Waals surface area (Å²) in [4.78, 5) is 0. The second kappa shape index (κ2) is 7.65. The molecule has 4 nitrogen and oxygen atoms in total. The number of nitrogens with zero attached hydrogens (tertiary/aromatic N) is 2. The monoisotopic (exact) mass is 266 g/mol. The number of rotatable bonds is 8. The molecule has 0 aliphatic carbocycles. The van der Waals surface area contributed by atoms with Gasteiger partial charge in [-0.1, -0.05) is 13.8 Å². The van der Waals surface area contributed by atoms with Crippen LogP contribution in [0.4, 0.5) is 0 Å². The molecule has 0 bridgehead atoms. The summed E-state index contributed by atoms with van der Waals surface area (Å²) in [5.41, 5.74) is 3.89. The highest BCUT2D eigenvalue weighted by molar-refractivity contribution is 5.24. The number of aromatic nitrogens is 2. The molecular weight excluding hydrogens is 236 g/mol. The highest BCUT2D eigenvalue weighted by atomic mass is 15.3. The van der Waals surface area contributed by atoms with Crippen LogP contribution in [0.5, 0.6) is 0 Å². The van der Waals surface area contributed by atoms with E-state index in [4.69, 9.17) is 0 Å². The minimum absolute atomic E-state index is 0.504. The molecule has 0 aliphatic heterocycles. The molecule has 0 saturated heterocycles. The number of hydrogen-bond acceptors (Lipinski definition) is 3. The summed E-state index contributed by atoms with van der Waals surface area (Å²) in [6.45, 7) is 16.0. The molecule has 1 aromatic heterocycles. The van der Waals surface area contributed by atoms with Gasteiger partial charge in [0, 0.05) is 30.9 Å². The Morgan fingerprint density at radius 2 is 1.84 bits per heavy atom. The molecular formula is C15H30N4. The predicted molar refractivity (Wildman–Crippen MR) is 81.7 cm³/mol. The molecule has 0 amide bonds. The standard InChI is InChI=1S/C15H30N4/c1-7-19-14(6)15(13(5)18-19)8-9-16-12(4)10-17-11(2)3/h11-12,16-17H,7-10H2,1-6H3. The fourth-order valence-electron chi connectivity index (χ4n) is 2.33. The summed E-state index contributed by atoms with van der Waals surface area (Å²) in [6, 6.07) is 1.06. The summed E-state index contributed by atoms with van der Waals surface area (Å²) in [5, 5.41) is 11.6. The third kappa shape index (κ3) is 4.96. The van der Waals surface area contributed by atoms with Crippen LogP contribution in [-0.4, -0.2) is 35.0 Å². The third-order valence-electron chi connectivity index (χ3n) is 3.53. The molecule has 1 heterocycles. The maximum absolute atomic E-state index is 4.56. The minimum Gasteiger partial charge on any atom is -0.313 e. The smallest absolute Gasteiger partial charge is 0.0628 e. The molecule has 19 heavy (non-hydrogen) atoms. The molecule has 1 rings (SSSR count). The van der Waals surface area contributed by atoms with Crippen LogP contribution in [-0.2, 0) is 13.0 Å². The van der Waals surface area contributed by atoms with Gasteiger partial charge in [0.15, 0.2) is 0 Å². The molecule has 2 N–H and O–H groups in total. The minimum atomic E-state index is 0.504. The highest BCUT2D eigenvalue weighted by Crippen LogP contribution is 2.13. The first kappa shape index (κ1) is 16.2. The van der Waals surface area contributed by atoms with Gasteiger partial charge in [0.05, 0.1) is 5.69 Å². The quantitative estimate of drug-likeness (QED) is 0.756. The lowest BCUT2D eigenvalue weighted by Crippen LogP contribution is -2.39. The van der Waals surface area contributed by atoms with Crippen molar-refractivity contribution in [2.24, 2.45) is 0 Å². The van der Waals surface area contributed by atoms with Crippen LogP contribution in [0.25, 0.3) is 0 Å². The van der Waals surface area contributed by atoms with Crippen molar-refractivity contribution in [1.82, 2.24) is 20.4 Å². The largest absolute Gasteiger partial charge is 0.313 e. The van der Waals surface area contributed by atoms with E-state index in [9.17, 15) is 0 Å². The number of hydrogen-bond donors (Lipinski definition) is 2. The van der Waals surface area contributed by atoms with Crippen molar-refractivity contribution in [2.45, 2.75) is 66.6 Å². The van der Waals surface area contributed by atoms with Crippen molar-refractivity contribution in [2.75, 3.05) is 13.1 Å². The van der Waals surface area contributed by atoms with E-state index in [2.05, 4.69) is 62.0 Å². The molecule has 110 valence electrons. The lowest BCUT2D eigenvalue weighted by molar-refractivity contribution is 0.476. The van der Waals surface area contributed by atoms with Gasteiger partial charge >= 0.3 is 0 Å². The van der Waals surface area contributed by atoms with Crippen molar-refractivity contribution >= 4 is 0 Å². The van der Waals surface area contributed by atoms with Gasteiger partial charge in [0.1, 0.15) is 0 Å². The van der Waals surface area contributed by atoms with E-state index in [1.807, 2.05) is 0 Å². The molecule has 1 atom stereocenters. The number of nitrogens with one attached hydrogen (secondary N) is 2. The first-order chi connectivity index (χ1) is 8.95. The second-order valence-corrected chi connectivity index (χ2v) is 5.63. The third-order valence-corrected chi connectivity index (χ3v) is 3.53. The normalized spacial score (nSPS) is 13.2. The Bertz CT molecular complexity index is 382. The topological polar surface area (TPSA) is 41.9 Å². The summed E-state index contributed by atoms with van der Waals surface area (Å²) in [5.74, 6) is 0. The first-order valence-electron chi connectivity index (χ1n) is 7.45. The van der Waals surface area contributed by atoms with Gasteiger partial charge in [-0.2, -0.15) is 5.10 Å². The van der Waals surface area contributed by atoms with Gasteiger partial charge in [0.25, 0.3) is 0 Å². The van der Waals surface area contributed by atoms with Gasteiger partial charge in [-0.25, -0.2) is 0 Å². The van der Waals surface area contributed by atoms with Crippen molar-refractivity contribution in [1.29, 1.82) is 0 Å². The van der Waals surface area contributed by atoms with Crippen LogP contribution in [0.3, 0.4) is 0 Å². The van der Waals surface area contributed by atoms with Crippen LogP contribution >= 0.6 is 0 Å². The zero-order valence-corrected chi connectivity index (χ0v) is 13.4. The van der Waals surface area contributed by atoms with Gasteiger partial charge < -0.3 is 10.6 Å². The second-order valence-electron chi connectivity index (χ2n) is 5.63. The first-order valence-corrected chi connectivity index (χ1v) is 7.45. The Balaban J connectivity index is 2.39. The van der Waals surface area contributed by atoms with Crippen molar-refractivity contribution in [3.05, 3.63) is 17.0 Å². The Labute approximate surface area is 118 Å². The zero-order valence-electron chi connectivity index (χ0n) is 13.4. The predicted octanol–water partition coefficient (Wildman–Crippen LogP) is 2.04. The zero-order chi connectivity index (χ0) is 14.4. The lowest BCUT2D eigenvalue weighted by atomic mass is 10.1. The molecule has 1 aromatic rings. The van der Waals surface area contributed by atoms with Gasteiger partial charge in [-0.3, -0.25) is 4.68 Å². The summed E-state index contributed by atoms with van der Waals surface area (Å²) < 4.78 is 2.09. The Kier molecular flexibility index (Phi) is 6.52. The van der Waals surface area contributed by atoms with E-state index < -0.39 is 0 Å². The van der Waals surface area contributed by atoms with Crippen LogP contribution in [0.2, 0.25) is 0 Å². The molecule has 0 radical (unpaired) electrons. The van der Waals surface area contributed by atoms with Crippen LogP contribution < -0.4 is 10.6 Å². The highest BCUT2D eigenvalue weighted by Gasteiger charge is 2.10. The van der Waals surface area contributed by atoms with E-state index in [-0.39, 0.29) is 0 Å². The van der Waals surface area contributed by atoms with E-state index in [1.165, 1.54) is 17.0 Å². The van der Waals surface area contributed by atoms with E-state index >= 15 is 0 Å². The SMILES string of the molecule is CCn1nc(C)c(CCNC(C)CNC(C)C)c1C. The average molecular weight is 266 g/mol. The Morgan fingerprint density at radius 3 is 2.37 bits per heavy atom. The van der Waals surface area contributed by atoms with Crippen LogP contribution in [0, 0.1) is 13.8 Å². The summed E-state index contributed by atoms with van der Waals surface area (Å²) in [6.07, 6.45) is 1.06. The van der Waals surface area contributed by atoms with Gasteiger partial charge in [-0.05, 0) is 46.2 Å².